The van der Waals surface area contributed by atoms with Crippen LogP contribution < -0.4 is 0 Å². The standard InChI is InChI=1S/C39H48/c1-22-13-34(14-23(2)30(22)9)38(35-15-24(3)31(10)25(4)16-35)21-39(36-17-26(5)32(11)27(6)18-36)37-19-28(7)33(12)29(8)20-37/h13-20,38-39H,21H2,1-12H3. The molecule has 0 atom stereocenters. The van der Waals surface area contributed by atoms with E-state index < -0.39 is 0 Å². The summed E-state index contributed by atoms with van der Waals surface area (Å²) < 4.78 is 0. The number of aryl methyl sites for hydroxylation is 8. The van der Waals surface area contributed by atoms with Crippen LogP contribution in [-0.2, 0) is 0 Å². The molecule has 0 unspecified atom stereocenters. The number of hydrogen-bond acceptors (Lipinski definition) is 0. The predicted molar refractivity (Wildman–Crippen MR) is 171 cm³/mol. The van der Waals surface area contributed by atoms with Crippen LogP contribution in [0.1, 0.15) is 107 Å². The average molecular weight is 517 g/mol. The van der Waals surface area contributed by atoms with Crippen LogP contribution in [0.3, 0.4) is 0 Å². The Hall–Kier alpha value is -3.12. The lowest BCUT2D eigenvalue weighted by molar-refractivity contribution is 0.640. The van der Waals surface area contributed by atoms with E-state index in [1.165, 1.54) is 89.0 Å². The highest BCUT2D eigenvalue weighted by Crippen LogP contribution is 2.42. The van der Waals surface area contributed by atoms with Gasteiger partial charge >= 0.3 is 0 Å². The van der Waals surface area contributed by atoms with Crippen LogP contribution in [0.5, 0.6) is 0 Å². The van der Waals surface area contributed by atoms with Crippen LogP contribution in [0.25, 0.3) is 0 Å². The maximum Gasteiger partial charge on any atom is 0.00987 e. The largest absolute Gasteiger partial charge is 0.0552 e. The van der Waals surface area contributed by atoms with Gasteiger partial charge in [-0.1, -0.05) is 48.5 Å². The normalized spacial score (nSPS) is 11.6. The molecule has 4 aromatic carbocycles. The van der Waals surface area contributed by atoms with Gasteiger partial charge in [0.25, 0.3) is 0 Å². The molecule has 0 fully saturated rings. The quantitative estimate of drug-likeness (QED) is 0.239. The van der Waals surface area contributed by atoms with Gasteiger partial charge in [0.15, 0.2) is 0 Å². The molecule has 204 valence electrons. The predicted octanol–water partition coefficient (Wildman–Crippen LogP) is 10.7. The first kappa shape index (κ1) is 28.9. The van der Waals surface area contributed by atoms with E-state index in [0.717, 1.165) is 6.42 Å². The first-order valence-electron chi connectivity index (χ1n) is 14.6. The molecule has 0 radical (unpaired) electrons. The molecule has 0 heteroatoms. The third-order valence-corrected chi connectivity index (χ3v) is 9.88. The number of benzene rings is 4. The molecule has 0 bridgehead atoms. The molecular weight excluding hydrogens is 468 g/mol. The molecule has 0 aliphatic rings. The van der Waals surface area contributed by atoms with E-state index in [1.54, 1.807) is 0 Å². The van der Waals surface area contributed by atoms with Crippen molar-refractivity contribution < 1.29 is 0 Å². The van der Waals surface area contributed by atoms with Crippen LogP contribution in [0, 0.1) is 83.1 Å². The van der Waals surface area contributed by atoms with E-state index in [1.807, 2.05) is 0 Å². The van der Waals surface area contributed by atoms with Gasteiger partial charge < -0.3 is 0 Å². The average Bonchev–Trinajstić information content (AvgIpc) is 2.87. The fraction of sp³-hybridized carbons (Fsp3) is 0.385. The van der Waals surface area contributed by atoms with Crippen LogP contribution in [0.15, 0.2) is 48.5 Å². The third kappa shape index (κ3) is 5.76. The zero-order valence-electron chi connectivity index (χ0n) is 26.5. The highest BCUT2D eigenvalue weighted by molar-refractivity contribution is 5.49. The zero-order valence-corrected chi connectivity index (χ0v) is 26.5. The summed E-state index contributed by atoms with van der Waals surface area (Å²) in [6, 6.07) is 19.6. The molecule has 4 aromatic rings. The van der Waals surface area contributed by atoms with E-state index in [0.29, 0.717) is 11.8 Å². The van der Waals surface area contributed by atoms with Crippen LogP contribution >= 0.6 is 0 Å². The highest BCUT2D eigenvalue weighted by atomic mass is 14.3. The molecule has 0 saturated carbocycles. The van der Waals surface area contributed by atoms with Gasteiger partial charge in [0.05, 0.1) is 0 Å². The summed E-state index contributed by atoms with van der Waals surface area (Å²) >= 11 is 0. The summed E-state index contributed by atoms with van der Waals surface area (Å²) in [4.78, 5) is 0. The first-order chi connectivity index (χ1) is 18.3. The Morgan fingerprint density at radius 1 is 0.308 bits per heavy atom. The minimum atomic E-state index is 0.301. The Balaban J connectivity index is 1.98. The lowest BCUT2D eigenvalue weighted by atomic mass is 9.75. The van der Waals surface area contributed by atoms with Crippen molar-refractivity contribution in [2.24, 2.45) is 0 Å². The molecular formula is C39H48. The zero-order chi connectivity index (χ0) is 28.8. The maximum atomic E-state index is 2.45. The Bertz CT molecular complexity index is 1220. The molecule has 0 aromatic heterocycles. The van der Waals surface area contributed by atoms with Crippen molar-refractivity contribution >= 4 is 0 Å². The Morgan fingerprint density at radius 2 is 0.462 bits per heavy atom. The maximum absolute atomic E-state index is 2.45. The van der Waals surface area contributed by atoms with Crippen molar-refractivity contribution in [3.8, 4) is 0 Å². The molecule has 0 amide bonds. The summed E-state index contributed by atoms with van der Waals surface area (Å²) in [6.45, 7) is 27.2. The molecule has 39 heavy (non-hydrogen) atoms. The second-order valence-electron chi connectivity index (χ2n) is 12.5. The molecule has 0 aliphatic carbocycles. The lowest BCUT2D eigenvalue weighted by Gasteiger charge is -2.29. The molecule has 0 spiro atoms. The van der Waals surface area contributed by atoms with Gasteiger partial charge in [0, 0.05) is 11.8 Å². The van der Waals surface area contributed by atoms with E-state index in [4.69, 9.17) is 0 Å². The van der Waals surface area contributed by atoms with Crippen molar-refractivity contribution in [3.05, 3.63) is 138 Å². The smallest absolute Gasteiger partial charge is 0.00987 e. The van der Waals surface area contributed by atoms with Crippen LogP contribution in [-0.4, -0.2) is 0 Å². The SMILES string of the molecule is Cc1cc(C(CC(c2cc(C)c(C)c(C)c2)c2cc(C)c(C)c(C)c2)c2cc(C)c(C)c(C)c2)cc(C)c1C. The summed E-state index contributed by atoms with van der Waals surface area (Å²) in [7, 11) is 0. The minimum absolute atomic E-state index is 0.301. The second kappa shape index (κ2) is 11.2. The van der Waals surface area contributed by atoms with Crippen molar-refractivity contribution in [3.63, 3.8) is 0 Å². The third-order valence-electron chi connectivity index (χ3n) is 9.88. The van der Waals surface area contributed by atoms with Gasteiger partial charge in [-0.3, -0.25) is 0 Å². The lowest BCUT2D eigenvalue weighted by Crippen LogP contribution is -2.13. The van der Waals surface area contributed by atoms with Gasteiger partial charge in [0.2, 0.25) is 0 Å². The van der Waals surface area contributed by atoms with Gasteiger partial charge in [-0.2, -0.15) is 0 Å². The van der Waals surface area contributed by atoms with E-state index in [2.05, 4.69) is 132 Å². The molecule has 0 aliphatic heterocycles. The first-order valence-corrected chi connectivity index (χ1v) is 14.6. The molecule has 0 nitrogen and oxygen atoms in total. The minimum Gasteiger partial charge on any atom is -0.0552 e. The Morgan fingerprint density at radius 3 is 0.615 bits per heavy atom. The topological polar surface area (TPSA) is 0 Å². The van der Waals surface area contributed by atoms with Crippen molar-refractivity contribution in [1.82, 2.24) is 0 Å². The second-order valence-corrected chi connectivity index (χ2v) is 12.5. The molecule has 0 saturated heterocycles. The molecule has 0 heterocycles. The highest BCUT2D eigenvalue weighted by Gasteiger charge is 2.26. The van der Waals surface area contributed by atoms with E-state index >= 15 is 0 Å². The van der Waals surface area contributed by atoms with Gasteiger partial charge in [-0.05, 0) is 179 Å². The van der Waals surface area contributed by atoms with Crippen LogP contribution in [0.2, 0.25) is 0 Å². The van der Waals surface area contributed by atoms with E-state index in [-0.39, 0.29) is 0 Å². The van der Waals surface area contributed by atoms with Crippen molar-refractivity contribution in [2.45, 2.75) is 101 Å². The van der Waals surface area contributed by atoms with Gasteiger partial charge in [0.1, 0.15) is 0 Å². The number of rotatable bonds is 6. The van der Waals surface area contributed by atoms with Gasteiger partial charge in [-0.25, -0.2) is 0 Å². The number of hydrogen-bond donors (Lipinski definition) is 0. The Labute approximate surface area is 238 Å². The van der Waals surface area contributed by atoms with Crippen molar-refractivity contribution in [1.29, 1.82) is 0 Å². The van der Waals surface area contributed by atoms with Crippen molar-refractivity contribution in [2.75, 3.05) is 0 Å². The van der Waals surface area contributed by atoms with Gasteiger partial charge in [-0.15, -0.1) is 0 Å². The summed E-state index contributed by atoms with van der Waals surface area (Å²) in [5.74, 6) is 0.602. The molecule has 0 N–H and O–H groups in total. The van der Waals surface area contributed by atoms with Crippen LogP contribution in [0.4, 0.5) is 0 Å². The summed E-state index contributed by atoms with van der Waals surface area (Å²) in [6.07, 6.45) is 1.04. The fourth-order valence-corrected chi connectivity index (χ4v) is 6.25. The summed E-state index contributed by atoms with van der Waals surface area (Å²) in [5.41, 5.74) is 22.4. The molecule has 4 rings (SSSR count). The fourth-order valence-electron chi connectivity index (χ4n) is 6.25. The summed E-state index contributed by atoms with van der Waals surface area (Å²) in [5, 5.41) is 0. The van der Waals surface area contributed by atoms with E-state index in [9.17, 15) is 0 Å². The monoisotopic (exact) mass is 516 g/mol. The Kier molecular flexibility index (Phi) is 8.27.